The van der Waals surface area contributed by atoms with Gasteiger partial charge in [-0.25, -0.2) is 9.98 Å². The number of thiazole rings is 1. The van der Waals surface area contributed by atoms with Crippen molar-refractivity contribution in [2.75, 3.05) is 39.4 Å². The van der Waals surface area contributed by atoms with Gasteiger partial charge in [-0.1, -0.05) is 0 Å². The van der Waals surface area contributed by atoms with Crippen LogP contribution in [0.4, 0.5) is 0 Å². The fourth-order valence-corrected chi connectivity index (χ4v) is 3.65. The molecule has 1 aliphatic rings. The number of rotatable bonds is 6. The smallest absolute Gasteiger partial charge is 0.193 e. The number of morpholine rings is 1. The van der Waals surface area contributed by atoms with Crippen LogP contribution in [0.5, 0.6) is 0 Å². The van der Waals surface area contributed by atoms with Crippen molar-refractivity contribution in [3.8, 4) is 0 Å². The summed E-state index contributed by atoms with van der Waals surface area (Å²) in [5.41, 5.74) is 1.04. The number of imidazole rings is 1. The lowest BCUT2D eigenvalue weighted by Gasteiger charge is -2.41. The Morgan fingerprint density at radius 2 is 2.12 bits per heavy atom. The molecule has 2 N–H and O–H groups in total. The van der Waals surface area contributed by atoms with Gasteiger partial charge in [0.15, 0.2) is 10.9 Å². The molecule has 146 valence electrons. The SMILES string of the molecule is CCNC(=NCc1cn2ccsc2n1)NCC(C)(C)N1CCOCC1.I. The molecule has 0 unspecified atom stereocenters. The second-order valence-electron chi connectivity index (χ2n) is 6.79. The fraction of sp³-hybridized carbons (Fsp3) is 0.647. The molecule has 9 heteroatoms. The van der Waals surface area contributed by atoms with Crippen LogP contribution < -0.4 is 10.6 Å². The van der Waals surface area contributed by atoms with Crippen molar-refractivity contribution in [3.63, 3.8) is 0 Å². The number of hydrogen-bond donors (Lipinski definition) is 2. The van der Waals surface area contributed by atoms with E-state index in [0.29, 0.717) is 6.54 Å². The number of aromatic nitrogens is 2. The Morgan fingerprint density at radius 1 is 1.35 bits per heavy atom. The van der Waals surface area contributed by atoms with Gasteiger partial charge in [0.2, 0.25) is 0 Å². The highest BCUT2D eigenvalue weighted by molar-refractivity contribution is 14.0. The Labute approximate surface area is 176 Å². The Kier molecular flexibility index (Phi) is 8.11. The van der Waals surface area contributed by atoms with Crippen molar-refractivity contribution in [1.29, 1.82) is 0 Å². The largest absolute Gasteiger partial charge is 0.379 e. The van der Waals surface area contributed by atoms with Crippen molar-refractivity contribution < 1.29 is 4.74 Å². The van der Waals surface area contributed by atoms with Crippen LogP contribution >= 0.6 is 35.3 Å². The summed E-state index contributed by atoms with van der Waals surface area (Å²) in [6, 6.07) is 0. The van der Waals surface area contributed by atoms with Crippen molar-refractivity contribution in [2.24, 2.45) is 4.99 Å². The zero-order valence-electron chi connectivity index (χ0n) is 15.7. The highest BCUT2D eigenvalue weighted by atomic mass is 127. The summed E-state index contributed by atoms with van der Waals surface area (Å²) in [5.74, 6) is 0.834. The molecule has 1 fully saturated rings. The van der Waals surface area contributed by atoms with Gasteiger partial charge in [0.25, 0.3) is 0 Å². The predicted octanol–water partition coefficient (Wildman–Crippen LogP) is 2.18. The van der Waals surface area contributed by atoms with E-state index >= 15 is 0 Å². The number of aliphatic imine (C=N–C) groups is 1. The van der Waals surface area contributed by atoms with Crippen LogP contribution in [0.2, 0.25) is 0 Å². The normalized spacial score (nSPS) is 16.5. The zero-order chi connectivity index (χ0) is 17.7. The van der Waals surface area contributed by atoms with E-state index in [2.05, 4.69) is 46.3 Å². The first kappa shape index (κ1) is 21.4. The molecule has 26 heavy (non-hydrogen) atoms. The molecule has 3 heterocycles. The Morgan fingerprint density at radius 3 is 2.81 bits per heavy atom. The van der Waals surface area contributed by atoms with Crippen molar-refractivity contribution >= 4 is 46.2 Å². The molecule has 0 spiro atoms. The van der Waals surface area contributed by atoms with E-state index in [1.54, 1.807) is 11.3 Å². The van der Waals surface area contributed by atoms with Crippen LogP contribution in [-0.2, 0) is 11.3 Å². The van der Waals surface area contributed by atoms with E-state index in [9.17, 15) is 0 Å². The third-order valence-electron chi connectivity index (χ3n) is 4.44. The molecule has 0 aromatic carbocycles. The van der Waals surface area contributed by atoms with Crippen LogP contribution in [0.25, 0.3) is 4.96 Å². The summed E-state index contributed by atoms with van der Waals surface area (Å²) >= 11 is 1.64. The first-order valence-electron chi connectivity index (χ1n) is 8.84. The standard InChI is InChI=1S/C17H28N6OS.HI/c1-4-18-15(19-11-14-12-22-7-10-25-16(22)21-14)20-13-17(2,3)23-5-8-24-9-6-23;/h7,10,12H,4-6,8-9,11,13H2,1-3H3,(H2,18,19,20);1H. The minimum atomic E-state index is 0. The first-order chi connectivity index (χ1) is 12.1. The molecular weight excluding hydrogens is 463 g/mol. The van der Waals surface area contributed by atoms with Gasteiger partial charge in [-0.2, -0.15) is 0 Å². The summed E-state index contributed by atoms with van der Waals surface area (Å²) in [5, 5.41) is 8.84. The van der Waals surface area contributed by atoms with E-state index in [-0.39, 0.29) is 29.5 Å². The van der Waals surface area contributed by atoms with Crippen LogP contribution in [0, 0.1) is 0 Å². The quantitative estimate of drug-likeness (QED) is 0.368. The van der Waals surface area contributed by atoms with Crippen LogP contribution in [0.3, 0.4) is 0 Å². The number of hydrogen-bond acceptors (Lipinski definition) is 5. The molecule has 1 aliphatic heterocycles. The molecule has 0 aliphatic carbocycles. The lowest BCUT2D eigenvalue weighted by molar-refractivity contribution is -0.00834. The number of guanidine groups is 1. The van der Waals surface area contributed by atoms with Crippen molar-refractivity contribution in [1.82, 2.24) is 24.9 Å². The third-order valence-corrected chi connectivity index (χ3v) is 5.21. The molecular formula is C17H29IN6OS. The second-order valence-corrected chi connectivity index (χ2v) is 7.66. The monoisotopic (exact) mass is 492 g/mol. The van der Waals surface area contributed by atoms with Crippen LogP contribution in [0.15, 0.2) is 22.8 Å². The molecule has 0 bridgehead atoms. The fourth-order valence-electron chi connectivity index (χ4n) is 2.93. The second kappa shape index (κ2) is 9.86. The van der Waals surface area contributed by atoms with Crippen molar-refractivity contribution in [2.45, 2.75) is 32.9 Å². The van der Waals surface area contributed by atoms with E-state index in [4.69, 9.17) is 4.74 Å². The maximum Gasteiger partial charge on any atom is 0.193 e. The van der Waals surface area contributed by atoms with Gasteiger partial charge in [-0.15, -0.1) is 35.3 Å². The van der Waals surface area contributed by atoms with E-state index in [0.717, 1.165) is 56.0 Å². The predicted molar refractivity (Wildman–Crippen MR) is 118 cm³/mol. The molecule has 7 nitrogen and oxygen atoms in total. The highest BCUT2D eigenvalue weighted by Gasteiger charge is 2.28. The first-order valence-corrected chi connectivity index (χ1v) is 9.72. The average molecular weight is 492 g/mol. The maximum atomic E-state index is 5.46. The van der Waals surface area contributed by atoms with Gasteiger partial charge in [-0.05, 0) is 20.8 Å². The third kappa shape index (κ3) is 5.54. The van der Waals surface area contributed by atoms with Gasteiger partial charge < -0.3 is 15.4 Å². The molecule has 0 radical (unpaired) electrons. The Balaban J connectivity index is 0.00000243. The van der Waals surface area contributed by atoms with Crippen LogP contribution in [0.1, 0.15) is 26.5 Å². The number of ether oxygens (including phenoxy) is 1. The van der Waals surface area contributed by atoms with E-state index in [1.807, 2.05) is 22.2 Å². The summed E-state index contributed by atoms with van der Waals surface area (Å²) in [7, 11) is 0. The molecule has 2 aromatic rings. The lowest BCUT2D eigenvalue weighted by atomic mass is 10.0. The molecule has 0 saturated carbocycles. The molecule has 3 rings (SSSR count). The van der Waals surface area contributed by atoms with E-state index in [1.165, 1.54) is 0 Å². The zero-order valence-corrected chi connectivity index (χ0v) is 18.8. The van der Waals surface area contributed by atoms with Gasteiger partial charge >= 0.3 is 0 Å². The minimum absolute atomic E-state index is 0. The topological polar surface area (TPSA) is 66.2 Å². The number of halogens is 1. The molecule has 0 atom stereocenters. The van der Waals surface area contributed by atoms with Gasteiger partial charge in [0, 0.05) is 49.5 Å². The van der Waals surface area contributed by atoms with Gasteiger partial charge in [-0.3, -0.25) is 9.30 Å². The van der Waals surface area contributed by atoms with Gasteiger partial charge in [0.05, 0.1) is 25.5 Å². The number of fused-ring (bicyclic) bond motifs is 1. The summed E-state index contributed by atoms with van der Waals surface area (Å²) in [6.07, 6.45) is 4.06. The summed E-state index contributed by atoms with van der Waals surface area (Å²) < 4.78 is 7.50. The Hall–Kier alpha value is -0.910. The molecule has 2 aromatic heterocycles. The average Bonchev–Trinajstić information content (AvgIpc) is 3.20. The van der Waals surface area contributed by atoms with Gasteiger partial charge in [0.1, 0.15) is 0 Å². The van der Waals surface area contributed by atoms with E-state index < -0.39 is 0 Å². The summed E-state index contributed by atoms with van der Waals surface area (Å²) in [6.45, 7) is 12.4. The maximum absolute atomic E-state index is 5.46. The molecule has 1 saturated heterocycles. The number of nitrogens with zero attached hydrogens (tertiary/aromatic N) is 4. The summed E-state index contributed by atoms with van der Waals surface area (Å²) in [4.78, 5) is 12.8. The number of nitrogens with one attached hydrogen (secondary N) is 2. The highest BCUT2D eigenvalue weighted by Crippen LogP contribution is 2.15. The lowest BCUT2D eigenvalue weighted by Crippen LogP contribution is -2.56. The minimum Gasteiger partial charge on any atom is -0.379 e. The molecule has 0 amide bonds. The Bertz CT molecular complexity index is 678. The van der Waals surface area contributed by atoms with Crippen molar-refractivity contribution in [3.05, 3.63) is 23.5 Å². The van der Waals surface area contributed by atoms with Crippen LogP contribution in [-0.4, -0.2) is 65.2 Å².